The van der Waals surface area contributed by atoms with Crippen molar-refractivity contribution in [3.63, 3.8) is 0 Å². The fraction of sp³-hybridized carbons (Fsp3) is 0.704. The van der Waals surface area contributed by atoms with E-state index in [1.165, 1.54) is 6.92 Å². The third-order valence-electron chi connectivity index (χ3n) is 8.01. The predicted molar refractivity (Wildman–Crippen MR) is 126 cm³/mol. The normalized spacial score (nSPS) is 39.1. The highest BCUT2D eigenvalue weighted by molar-refractivity contribution is 6.11. The van der Waals surface area contributed by atoms with Crippen LogP contribution >= 0.6 is 0 Å². The Morgan fingerprint density at radius 1 is 1.21 bits per heavy atom. The van der Waals surface area contributed by atoms with Crippen LogP contribution < -0.4 is 5.32 Å². The number of carbonyl (C=O) groups is 4. The molecule has 0 saturated carbocycles. The van der Waals surface area contributed by atoms with Crippen molar-refractivity contribution in [1.82, 2.24) is 5.32 Å². The van der Waals surface area contributed by atoms with Gasteiger partial charge in [0.05, 0.1) is 0 Å². The molecule has 1 unspecified atom stereocenters. The van der Waals surface area contributed by atoms with Gasteiger partial charge in [0, 0.05) is 36.6 Å². The maximum absolute atomic E-state index is 14.4. The van der Waals surface area contributed by atoms with Crippen LogP contribution in [0.1, 0.15) is 73.6 Å². The van der Waals surface area contributed by atoms with Gasteiger partial charge < -0.3 is 15.2 Å². The number of Topliss-reactive ketones (excluding diaryl/α,β-unsaturated/α-hetero) is 3. The second-order valence-corrected chi connectivity index (χ2v) is 11.0. The van der Waals surface area contributed by atoms with E-state index in [0.29, 0.717) is 12.3 Å². The quantitative estimate of drug-likeness (QED) is 0.496. The zero-order valence-electron chi connectivity index (χ0n) is 20.8. The summed E-state index contributed by atoms with van der Waals surface area (Å²) in [5.41, 5.74) is 0.744. The number of nitrogens with one attached hydrogen (secondary N) is 1. The van der Waals surface area contributed by atoms with Gasteiger partial charge in [0.1, 0.15) is 17.3 Å². The van der Waals surface area contributed by atoms with Crippen LogP contribution in [-0.4, -0.2) is 40.5 Å². The molecule has 2 aliphatic carbocycles. The zero-order valence-corrected chi connectivity index (χ0v) is 20.8. The van der Waals surface area contributed by atoms with Crippen LogP contribution in [-0.2, 0) is 19.2 Å². The van der Waals surface area contributed by atoms with E-state index in [1.54, 1.807) is 0 Å². The van der Waals surface area contributed by atoms with E-state index in [4.69, 9.17) is 0 Å². The van der Waals surface area contributed by atoms with Gasteiger partial charge in [0.25, 0.3) is 0 Å². The molecule has 1 aliphatic heterocycles. The molecule has 0 aromatic rings. The third kappa shape index (κ3) is 4.64. The number of aliphatic hydroxyl groups excluding tert-OH is 1. The van der Waals surface area contributed by atoms with E-state index in [-0.39, 0.29) is 54.6 Å². The number of hydrogen-bond donors (Lipinski definition) is 2. The summed E-state index contributed by atoms with van der Waals surface area (Å²) < 4.78 is 0. The second kappa shape index (κ2) is 9.65. The Bertz CT molecular complexity index is 900. The Labute approximate surface area is 197 Å². The largest absolute Gasteiger partial charge is 0.385 e. The molecule has 182 valence electrons. The van der Waals surface area contributed by atoms with Crippen molar-refractivity contribution < 1.29 is 24.3 Å². The number of carbonyl (C=O) groups excluding carboxylic acids is 4. The number of amides is 1. The maximum Gasteiger partial charge on any atom is 0.235 e. The number of allylic oxidation sites excluding steroid dienone is 4. The van der Waals surface area contributed by atoms with E-state index < -0.39 is 29.1 Å². The van der Waals surface area contributed by atoms with Crippen LogP contribution in [0.4, 0.5) is 0 Å². The molecule has 1 fully saturated rings. The molecule has 1 saturated heterocycles. The summed E-state index contributed by atoms with van der Waals surface area (Å²) in [7, 11) is 0. The van der Waals surface area contributed by atoms with E-state index in [1.807, 2.05) is 19.1 Å². The summed E-state index contributed by atoms with van der Waals surface area (Å²) in [6.07, 6.45) is 4.09. The molecule has 0 aromatic heterocycles. The van der Waals surface area contributed by atoms with E-state index >= 15 is 0 Å². The van der Waals surface area contributed by atoms with Crippen molar-refractivity contribution in [2.24, 2.45) is 35.0 Å². The fourth-order valence-corrected chi connectivity index (χ4v) is 6.38. The lowest BCUT2D eigenvalue weighted by Gasteiger charge is -2.46. The van der Waals surface area contributed by atoms with Gasteiger partial charge in [-0.05, 0) is 51.9 Å². The monoisotopic (exact) mass is 457 g/mol. The van der Waals surface area contributed by atoms with Crippen molar-refractivity contribution in [3.8, 4) is 0 Å². The SMILES string of the molecule is CC(=O)CC1CC(=O)[C@H](O)CC/C(C)=C/[C@H]2C=C(C)[C@@H](C)[C@H]3[C@H](CC(C)C)NC(=O)[C@@]32C1=O. The molecule has 1 amide bonds. The second-order valence-electron chi connectivity index (χ2n) is 11.0. The topological polar surface area (TPSA) is 101 Å². The minimum absolute atomic E-state index is 0.00556. The summed E-state index contributed by atoms with van der Waals surface area (Å²) in [4.78, 5) is 53.2. The summed E-state index contributed by atoms with van der Waals surface area (Å²) in [6, 6.07) is -0.152. The van der Waals surface area contributed by atoms with Gasteiger partial charge in [-0.25, -0.2) is 0 Å². The first-order valence-corrected chi connectivity index (χ1v) is 12.3. The molecule has 33 heavy (non-hydrogen) atoms. The summed E-state index contributed by atoms with van der Waals surface area (Å²) in [6.45, 7) is 11.7. The minimum Gasteiger partial charge on any atom is -0.385 e. The van der Waals surface area contributed by atoms with Crippen LogP contribution in [0.5, 0.6) is 0 Å². The molecule has 6 heteroatoms. The predicted octanol–water partition coefficient (Wildman–Crippen LogP) is 3.57. The minimum atomic E-state index is -1.35. The van der Waals surface area contributed by atoms with Crippen molar-refractivity contribution >= 4 is 23.3 Å². The highest BCUT2D eigenvalue weighted by Gasteiger charge is 2.66. The molecule has 1 heterocycles. The van der Waals surface area contributed by atoms with Crippen molar-refractivity contribution in [1.29, 1.82) is 0 Å². The Kier molecular flexibility index (Phi) is 7.47. The number of aliphatic hydroxyl groups is 1. The highest BCUT2D eigenvalue weighted by Crippen LogP contribution is 2.56. The number of rotatable bonds is 4. The van der Waals surface area contributed by atoms with Gasteiger partial charge in [-0.1, -0.05) is 44.1 Å². The zero-order chi connectivity index (χ0) is 24.7. The third-order valence-corrected chi connectivity index (χ3v) is 8.01. The van der Waals surface area contributed by atoms with Crippen LogP contribution in [0.2, 0.25) is 0 Å². The van der Waals surface area contributed by atoms with Gasteiger partial charge in [0.2, 0.25) is 5.91 Å². The molecule has 0 bridgehead atoms. The van der Waals surface area contributed by atoms with Gasteiger partial charge in [0.15, 0.2) is 11.6 Å². The molecule has 0 aromatic carbocycles. The number of hydrogen-bond acceptors (Lipinski definition) is 5. The Balaban J connectivity index is 2.25. The Hall–Kier alpha value is -2.08. The molecular weight excluding hydrogens is 418 g/mol. The number of ketones is 3. The maximum atomic E-state index is 14.4. The lowest BCUT2D eigenvalue weighted by Crippen LogP contribution is -2.54. The highest BCUT2D eigenvalue weighted by atomic mass is 16.3. The average Bonchev–Trinajstić information content (AvgIpc) is 2.99. The molecule has 0 radical (unpaired) electrons. The summed E-state index contributed by atoms with van der Waals surface area (Å²) in [5, 5.41) is 13.6. The van der Waals surface area contributed by atoms with Crippen LogP contribution in [0.15, 0.2) is 23.3 Å². The molecule has 6 nitrogen and oxygen atoms in total. The Morgan fingerprint density at radius 2 is 1.88 bits per heavy atom. The first-order valence-electron chi connectivity index (χ1n) is 12.3. The molecule has 3 rings (SSSR count). The van der Waals surface area contributed by atoms with E-state index in [0.717, 1.165) is 17.6 Å². The lowest BCUT2D eigenvalue weighted by molar-refractivity contribution is -0.150. The smallest absolute Gasteiger partial charge is 0.235 e. The van der Waals surface area contributed by atoms with E-state index in [2.05, 4.69) is 33.0 Å². The first-order chi connectivity index (χ1) is 15.4. The fourth-order valence-electron chi connectivity index (χ4n) is 6.38. The van der Waals surface area contributed by atoms with Crippen LogP contribution in [0.25, 0.3) is 0 Å². The van der Waals surface area contributed by atoms with E-state index in [9.17, 15) is 24.3 Å². The van der Waals surface area contributed by atoms with Crippen molar-refractivity contribution in [2.75, 3.05) is 0 Å². The molecule has 3 aliphatic rings. The first kappa shape index (κ1) is 25.5. The van der Waals surface area contributed by atoms with Crippen LogP contribution in [0.3, 0.4) is 0 Å². The van der Waals surface area contributed by atoms with Crippen LogP contribution in [0, 0.1) is 35.0 Å². The van der Waals surface area contributed by atoms with Crippen molar-refractivity contribution in [3.05, 3.63) is 23.3 Å². The summed E-state index contributed by atoms with van der Waals surface area (Å²) in [5.74, 6) is -2.50. The van der Waals surface area contributed by atoms with Crippen molar-refractivity contribution in [2.45, 2.75) is 85.8 Å². The lowest BCUT2D eigenvalue weighted by atomic mass is 9.53. The van der Waals surface area contributed by atoms with Gasteiger partial charge in [-0.15, -0.1) is 0 Å². The molecule has 1 spiro atoms. The standard InChI is InChI=1S/C27H39NO5/c1-14(2)9-21-24-18(6)16(4)11-20-10-15(3)7-8-22(30)23(31)13-19(12-17(5)29)25(32)27(20,24)26(33)28-21/h10-11,14,18-22,24,30H,7-9,12-13H2,1-6H3,(H,28,33)/b15-10+/t18-,19?,20+,21+,22-,24+,27-/m1/s1. The molecular formula is C27H39NO5. The molecule has 7 atom stereocenters. The summed E-state index contributed by atoms with van der Waals surface area (Å²) >= 11 is 0. The van der Waals surface area contributed by atoms with Gasteiger partial charge in [-0.2, -0.15) is 0 Å². The van der Waals surface area contributed by atoms with Gasteiger partial charge in [-0.3, -0.25) is 14.4 Å². The van der Waals surface area contributed by atoms with Gasteiger partial charge >= 0.3 is 0 Å². The average molecular weight is 458 g/mol. The molecule has 2 N–H and O–H groups in total. The Morgan fingerprint density at radius 3 is 2.48 bits per heavy atom.